The molecule has 0 aliphatic carbocycles. The van der Waals surface area contributed by atoms with Crippen LogP contribution in [-0.2, 0) is 0 Å². The number of rotatable bonds is 3. The molecule has 6 heteroatoms. The summed E-state index contributed by atoms with van der Waals surface area (Å²) in [6.07, 6.45) is 0.733. The van der Waals surface area contributed by atoms with E-state index in [-0.39, 0.29) is 22.3 Å². The molecule has 0 unspecified atom stereocenters. The zero-order chi connectivity index (χ0) is 14.9. The summed E-state index contributed by atoms with van der Waals surface area (Å²) in [7, 11) is 0. The number of aldehydes is 2. The quantitative estimate of drug-likeness (QED) is 0.501. The highest BCUT2D eigenvalue weighted by Crippen LogP contribution is 2.45. The van der Waals surface area contributed by atoms with Crippen molar-refractivity contribution in [1.29, 1.82) is 0 Å². The van der Waals surface area contributed by atoms with E-state index in [4.69, 9.17) is 0 Å². The summed E-state index contributed by atoms with van der Waals surface area (Å²) in [6, 6.07) is 5.10. The van der Waals surface area contributed by atoms with Gasteiger partial charge in [-0.25, -0.2) is 0 Å². The zero-order valence-corrected chi connectivity index (χ0v) is 10.1. The molecule has 0 spiro atoms. The normalized spacial score (nSPS) is 10.2. The topological polar surface area (TPSA) is 115 Å². The van der Waals surface area contributed by atoms with Crippen molar-refractivity contribution in [3.05, 3.63) is 35.4 Å². The lowest BCUT2D eigenvalue weighted by molar-refractivity contribution is 0.111. The van der Waals surface area contributed by atoms with Gasteiger partial charge in [-0.3, -0.25) is 9.59 Å². The van der Waals surface area contributed by atoms with Crippen molar-refractivity contribution >= 4 is 12.6 Å². The molecule has 0 saturated carbocycles. The molecule has 0 amide bonds. The second-order valence-electron chi connectivity index (χ2n) is 4.03. The number of benzene rings is 2. The molecule has 0 aromatic heterocycles. The molecule has 0 saturated heterocycles. The van der Waals surface area contributed by atoms with E-state index < -0.39 is 23.0 Å². The van der Waals surface area contributed by atoms with Crippen LogP contribution in [0.25, 0.3) is 11.1 Å². The maximum Gasteiger partial charge on any atom is 0.168 e. The molecular formula is C14H10O6. The Balaban J connectivity index is 2.70. The molecule has 0 bridgehead atoms. The Morgan fingerprint density at radius 2 is 0.950 bits per heavy atom. The van der Waals surface area contributed by atoms with E-state index in [1.54, 1.807) is 0 Å². The van der Waals surface area contributed by atoms with E-state index in [1.165, 1.54) is 24.3 Å². The van der Waals surface area contributed by atoms with Crippen molar-refractivity contribution in [3.63, 3.8) is 0 Å². The predicted molar refractivity (Wildman–Crippen MR) is 69.3 cm³/mol. The monoisotopic (exact) mass is 274 g/mol. The molecule has 6 nitrogen and oxygen atoms in total. The number of aromatic hydroxyl groups is 4. The average molecular weight is 274 g/mol. The summed E-state index contributed by atoms with van der Waals surface area (Å²) < 4.78 is 0. The van der Waals surface area contributed by atoms with Gasteiger partial charge in [0, 0.05) is 11.1 Å². The Morgan fingerprint density at radius 1 is 0.600 bits per heavy atom. The van der Waals surface area contributed by atoms with Gasteiger partial charge in [-0.05, 0) is 24.3 Å². The van der Waals surface area contributed by atoms with Crippen molar-refractivity contribution in [2.24, 2.45) is 0 Å². The molecule has 2 aromatic carbocycles. The lowest BCUT2D eigenvalue weighted by Crippen LogP contribution is -1.89. The summed E-state index contributed by atoms with van der Waals surface area (Å²) >= 11 is 0. The molecule has 0 atom stereocenters. The largest absolute Gasteiger partial charge is 0.504 e. The van der Waals surface area contributed by atoms with Crippen molar-refractivity contribution < 1.29 is 30.0 Å². The van der Waals surface area contributed by atoms with Gasteiger partial charge < -0.3 is 20.4 Å². The second kappa shape index (κ2) is 4.93. The fourth-order valence-electron chi connectivity index (χ4n) is 1.82. The molecule has 2 aromatic rings. The van der Waals surface area contributed by atoms with E-state index in [1.807, 2.05) is 0 Å². The lowest BCUT2D eigenvalue weighted by Gasteiger charge is -2.11. The molecule has 0 aliphatic heterocycles. The first kappa shape index (κ1) is 13.4. The van der Waals surface area contributed by atoms with E-state index in [2.05, 4.69) is 0 Å². The minimum atomic E-state index is -0.629. The number of carbonyl (C=O) groups is 2. The van der Waals surface area contributed by atoms with Gasteiger partial charge in [-0.15, -0.1) is 0 Å². The van der Waals surface area contributed by atoms with Crippen LogP contribution >= 0.6 is 0 Å². The van der Waals surface area contributed by atoms with Crippen LogP contribution in [0.5, 0.6) is 23.0 Å². The van der Waals surface area contributed by atoms with Crippen LogP contribution in [0.4, 0.5) is 0 Å². The molecule has 0 fully saturated rings. The maximum absolute atomic E-state index is 10.6. The Bertz CT molecular complexity index is 644. The first-order chi connectivity index (χ1) is 9.51. The van der Waals surface area contributed by atoms with Crippen LogP contribution in [0.3, 0.4) is 0 Å². The van der Waals surface area contributed by atoms with Crippen LogP contribution in [0.2, 0.25) is 0 Å². The highest BCUT2D eigenvalue weighted by molar-refractivity contribution is 5.90. The van der Waals surface area contributed by atoms with E-state index in [0.29, 0.717) is 12.6 Å². The van der Waals surface area contributed by atoms with Gasteiger partial charge in [-0.2, -0.15) is 0 Å². The van der Waals surface area contributed by atoms with Crippen molar-refractivity contribution in [3.8, 4) is 34.1 Å². The molecule has 0 radical (unpaired) electrons. The summed E-state index contributed by atoms with van der Waals surface area (Å²) in [6.45, 7) is 0. The van der Waals surface area contributed by atoms with Crippen LogP contribution in [0.1, 0.15) is 20.7 Å². The number of hydrogen-bond acceptors (Lipinski definition) is 6. The summed E-state index contributed by atoms with van der Waals surface area (Å²) in [5.41, 5.74) is -0.198. The molecule has 2 rings (SSSR count). The summed E-state index contributed by atoms with van der Waals surface area (Å²) in [4.78, 5) is 21.3. The first-order valence-corrected chi connectivity index (χ1v) is 5.51. The SMILES string of the molecule is O=Cc1ccc(-c2ccc(C=O)c(O)c2O)c(O)c1O. The van der Waals surface area contributed by atoms with Gasteiger partial charge >= 0.3 is 0 Å². The molecule has 20 heavy (non-hydrogen) atoms. The number of phenols is 4. The van der Waals surface area contributed by atoms with Gasteiger partial charge in [0.2, 0.25) is 0 Å². The van der Waals surface area contributed by atoms with Gasteiger partial charge in [0.25, 0.3) is 0 Å². The molecular weight excluding hydrogens is 264 g/mol. The highest BCUT2D eigenvalue weighted by atomic mass is 16.3. The van der Waals surface area contributed by atoms with Crippen molar-refractivity contribution in [1.82, 2.24) is 0 Å². The second-order valence-corrected chi connectivity index (χ2v) is 4.03. The fourth-order valence-corrected chi connectivity index (χ4v) is 1.82. The Labute approximate surface area is 113 Å². The third-order valence-electron chi connectivity index (χ3n) is 2.91. The number of carbonyl (C=O) groups excluding carboxylic acids is 2. The minimum Gasteiger partial charge on any atom is -0.504 e. The molecule has 4 N–H and O–H groups in total. The average Bonchev–Trinajstić information content (AvgIpc) is 2.45. The molecule has 0 heterocycles. The first-order valence-electron chi connectivity index (χ1n) is 5.51. The van der Waals surface area contributed by atoms with E-state index in [9.17, 15) is 30.0 Å². The highest BCUT2D eigenvalue weighted by Gasteiger charge is 2.18. The van der Waals surface area contributed by atoms with E-state index in [0.717, 1.165) is 0 Å². The summed E-state index contributed by atoms with van der Waals surface area (Å²) in [5.74, 6) is -2.47. The van der Waals surface area contributed by atoms with Crippen LogP contribution in [0, 0.1) is 0 Å². The third kappa shape index (κ3) is 1.93. The molecule has 102 valence electrons. The van der Waals surface area contributed by atoms with E-state index >= 15 is 0 Å². The maximum atomic E-state index is 10.6. The smallest absolute Gasteiger partial charge is 0.168 e. The summed E-state index contributed by atoms with van der Waals surface area (Å²) in [5, 5.41) is 38.9. The van der Waals surface area contributed by atoms with Crippen LogP contribution in [-0.4, -0.2) is 33.0 Å². The Kier molecular flexibility index (Phi) is 3.30. The van der Waals surface area contributed by atoms with Gasteiger partial charge in [-0.1, -0.05) is 0 Å². The van der Waals surface area contributed by atoms with Gasteiger partial charge in [0.1, 0.15) is 0 Å². The Morgan fingerprint density at radius 3 is 1.25 bits per heavy atom. The minimum absolute atomic E-state index is 0.0124. The number of phenolic OH excluding ortho intramolecular Hbond substituents is 4. The van der Waals surface area contributed by atoms with Gasteiger partial charge in [0.05, 0.1) is 11.1 Å². The van der Waals surface area contributed by atoms with Gasteiger partial charge in [0.15, 0.2) is 35.6 Å². The van der Waals surface area contributed by atoms with Crippen molar-refractivity contribution in [2.45, 2.75) is 0 Å². The van der Waals surface area contributed by atoms with Crippen LogP contribution in [0.15, 0.2) is 24.3 Å². The standard InChI is InChI=1S/C14H10O6/c15-5-7-1-3-9(13(19)11(7)17)10-4-2-8(6-16)12(18)14(10)20/h1-6,17-20H. The predicted octanol–water partition coefficient (Wildman–Crippen LogP) is 1.80. The fraction of sp³-hybridized carbons (Fsp3) is 0. The molecule has 0 aliphatic rings. The van der Waals surface area contributed by atoms with Crippen LogP contribution < -0.4 is 0 Å². The Hall–Kier alpha value is -3.02. The number of hydrogen-bond donors (Lipinski definition) is 4. The zero-order valence-electron chi connectivity index (χ0n) is 10.1. The lowest BCUT2D eigenvalue weighted by atomic mass is 9.99. The third-order valence-corrected chi connectivity index (χ3v) is 2.91. The van der Waals surface area contributed by atoms with Crippen molar-refractivity contribution in [2.75, 3.05) is 0 Å².